The van der Waals surface area contributed by atoms with Crippen molar-refractivity contribution in [1.82, 2.24) is 20.4 Å². The quantitative estimate of drug-likeness (QED) is 0.761. The zero-order valence-electron chi connectivity index (χ0n) is 15.5. The van der Waals surface area contributed by atoms with E-state index < -0.39 is 0 Å². The fourth-order valence-electron chi connectivity index (χ4n) is 4.17. The largest absolute Gasteiger partial charge is 0.391 e. The molecule has 1 saturated heterocycles. The van der Waals surface area contributed by atoms with Crippen LogP contribution in [0.15, 0.2) is 6.07 Å². The molecule has 2 atom stereocenters. The van der Waals surface area contributed by atoms with Crippen LogP contribution in [0.4, 0.5) is 0 Å². The van der Waals surface area contributed by atoms with Crippen LogP contribution in [0.1, 0.15) is 68.6 Å². The first-order chi connectivity index (χ1) is 12.0. The zero-order valence-corrected chi connectivity index (χ0v) is 15.5. The molecule has 0 bridgehead atoms. The van der Waals surface area contributed by atoms with Gasteiger partial charge in [-0.25, -0.2) is 0 Å². The molecule has 3 N–H and O–H groups in total. The minimum Gasteiger partial charge on any atom is -0.391 e. The summed E-state index contributed by atoms with van der Waals surface area (Å²) in [7, 11) is 0. The molecule has 6 nitrogen and oxygen atoms in total. The molecule has 1 amide bonds. The first kappa shape index (κ1) is 18.4. The molecule has 1 aliphatic heterocycles. The topological polar surface area (TPSA) is 81.2 Å². The summed E-state index contributed by atoms with van der Waals surface area (Å²) in [6, 6.07) is 2.38. The Morgan fingerprint density at radius 1 is 1.32 bits per heavy atom. The van der Waals surface area contributed by atoms with Crippen molar-refractivity contribution < 1.29 is 9.90 Å². The number of carbonyl (C=O) groups is 1. The molecular formula is C19H32N4O2. The molecule has 3 rings (SSSR count). The highest BCUT2D eigenvalue weighted by Gasteiger charge is 2.31. The molecule has 0 spiro atoms. The Balaban J connectivity index is 1.47. The van der Waals surface area contributed by atoms with Crippen LogP contribution in [0.25, 0.3) is 0 Å². The Bertz CT molecular complexity index is 564. The first-order valence-electron chi connectivity index (χ1n) is 9.80. The highest BCUT2D eigenvalue weighted by Crippen LogP contribution is 2.26. The number of carbonyl (C=O) groups excluding carboxylic acids is 1. The second-order valence-corrected chi connectivity index (χ2v) is 8.08. The average molecular weight is 348 g/mol. The maximum Gasteiger partial charge on any atom is 0.271 e. The van der Waals surface area contributed by atoms with Crippen LogP contribution in [0, 0.1) is 5.92 Å². The van der Waals surface area contributed by atoms with Crippen LogP contribution in [0.2, 0.25) is 0 Å². The van der Waals surface area contributed by atoms with E-state index in [0.717, 1.165) is 57.3 Å². The van der Waals surface area contributed by atoms with Gasteiger partial charge in [0.15, 0.2) is 0 Å². The van der Waals surface area contributed by atoms with Crippen LogP contribution in [-0.2, 0) is 6.42 Å². The van der Waals surface area contributed by atoms with Gasteiger partial charge in [-0.15, -0.1) is 0 Å². The molecule has 6 heteroatoms. The average Bonchev–Trinajstić information content (AvgIpc) is 3.04. The van der Waals surface area contributed by atoms with Crippen molar-refractivity contribution >= 4 is 5.91 Å². The number of hydrogen-bond acceptors (Lipinski definition) is 4. The number of piperidine rings is 1. The summed E-state index contributed by atoms with van der Waals surface area (Å²) in [6.07, 6.45) is 7.01. The normalized spacial score (nSPS) is 26.1. The number of hydrogen-bond donors (Lipinski definition) is 3. The van der Waals surface area contributed by atoms with Gasteiger partial charge >= 0.3 is 0 Å². The smallest absolute Gasteiger partial charge is 0.271 e. The molecule has 1 aliphatic carbocycles. The standard InChI is InChI=1S/C19H32N4O2/c1-13(2)11-15-12-16(22-21-15)19(25)20-14-7-9-23(10-8-14)17-5-3-4-6-18(17)24/h12-14,17-18,24H,3-11H2,1-2H3,(H,20,25)(H,21,22). The van der Waals surface area contributed by atoms with E-state index in [0.29, 0.717) is 17.7 Å². The van der Waals surface area contributed by atoms with E-state index in [1.165, 1.54) is 6.42 Å². The Hall–Kier alpha value is -1.40. The van der Waals surface area contributed by atoms with Crippen molar-refractivity contribution in [3.05, 3.63) is 17.5 Å². The van der Waals surface area contributed by atoms with Crippen molar-refractivity contribution in [3.63, 3.8) is 0 Å². The number of nitrogens with zero attached hydrogens (tertiary/aromatic N) is 2. The predicted molar refractivity (Wildman–Crippen MR) is 97.5 cm³/mol. The molecule has 1 aromatic heterocycles. The van der Waals surface area contributed by atoms with Gasteiger partial charge in [0.2, 0.25) is 0 Å². The van der Waals surface area contributed by atoms with E-state index in [-0.39, 0.29) is 18.1 Å². The number of likely N-dealkylation sites (tertiary alicyclic amines) is 1. The second-order valence-electron chi connectivity index (χ2n) is 8.08. The molecule has 25 heavy (non-hydrogen) atoms. The molecule has 140 valence electrons. The number of aromatic nitrogens is 2. The number of aromatic amines is 1. The van der Waals surface area contributed by atoms with Gasteiger partial charge < -0.3 is 10.4 Å². The van der Waals surface area contributed by atoms with Crippen LogP contribution in [0.3, 0.4) is 0 Å². The highest BCUT2D eigenvalue weighted by atomic mass is 16.3. The molecule has 0 aromatic carbocycles. The Morgan fingerprint density at radius 2 is 2.04 bits per heavy atom. The zero-order chi connectivity index (χ0) is 17.8. The number of nitrogens with one attached hydrogen (secondary N) is 2. The molecular weight excluding hydrogens is 316 g/mol. The molecule has 1 aromatic rings. The Kier molecular flexibility index (Phi) is 6.12. The van der Waals surface area contributed by atoms with Gasteiger partial charge in [-0.05, 0) is 44.1 Å². The number of amides is 1. The maximum atomic E-state index is 12.4. The van der Waals surface area contributed by atoms with Crippen molar-refractivity contribution in [2.75, 3.05) is 13.1 Å². The lowest BCUT2D eigenvalue weighted by molar-refractivity contribution is 0.00726. The van der Waals surface area contributed by atoms with E-state index in [9.17, 15) is 9.90 Å². The Labute approximate surface area is 150 Å². The lowest BCUT2D eigenvalue weighted by Gasteiger charge is -2.41. The minimum atomic E-state index is -0.177. The van der Waals surface area contributed by atoms with E-state index in [4.69, 9.17) is 0 Å². The predicted octanol–water partition coefficient (Wildman–Crippen LogP) is 2.11. The van der Waals surface area contributed by atoms with Gasteiger partial charge in [-0.3, -0.25) is 14.8 Å². The molecule has 1 saturated carbocycles. The summed E-state index contributed by atoms with van der Waals surface area (Å²) in [5, 5.41) is 20.5. The number of rotatable bonds is 5. The lowest BCUT2D eigenvalue weighted by atomic mass is 9.89. The first-order valence-corrected chi connectivity index (χ1v) is 9.80. The van der Waals surface area contributed by atoms with E-state index in [1.807, 2.05) is 6.07 Å². The van der Waals surface area contributed by atoms with Gasteiger partial charge in [0.05, 0.1) is 6.10 Å². The minimum absolute atomic E-state index is 0.0811. The van der Waals surface area contributed by atoms with E-state index >= 15 is 0 Å². The van der Waals surface area contributed by atoms with Crippen molar-refractivity contribution in [2.24, 2.45) is 5.92 Å². The van der Waals surface area contributed by atoms with E-state index in [1.54, 1.807) is 0 Å². The highest BCUT2D eigenvalue weighted by molar-refractivity contribution is 5.92. The summed E-state index contributed by atoms with van der Waals surface area (Å²) in [6.45, 7) is 6.20. The molecule has 2 unspecified atom stereocenters. The number of aliphatic hydroxyl groups is 1. The summed E-state index contributed by atoms with van der Waals surface area (Å²) >= 11 is 0. The van der Waals surface area contributed by atoms with Gasteiger partial charge in [-0.1, -0.05) is 26.7 Å². The monoisotopic (exact) mass is 348 g/mol. The third-order valence-corrected chi connectivity index (χ3v) is 5.52. The van der Waals surface area contributed by atoms with Crippen molar-refractivity contribution in [2.45, 2.75) is 77.0 Å². The van der Waals surface area contributed by atoms with Crippen LogP contribution in [-0.4, -0.2) is 57.4 Å². The van der Waals surface area contributed by atoms with Crippen LogP contribution in [0.5, 0.6) is 0 Å². The summed E-state index contributed by atoms with van der Waals surface area (Å²) < 4.78 is 0. The van der Waals surface area contributed by atoms with Gasteiger partial charge in [0.25, 0.3) is 5.91 Å². The summed E-state index contributed by atoms with van der Waals surface area (Å²) in [5.41, 5.74) is 1.50. The summed E-state index contributed by atoms with van der Waals surface area (Å²) in [5.74, 6) is 0.457. The van der Waals surface area contributed by atoms with Gasteiger partial charge in [-0.2, -0.15) is 5.10 Å². The van der Waals surface area contributed by atoms with Crippen molar-refractivity contribution in [3.8, 4) is 0 Å². The molecule has 0 radical (unpaired) electrons. The molecule has 2 heterocycles. The SMILES string of the molecule is CC(C)Cc1cc(C(=O)NC2CCN(C3CCCCC3O)CC2)n[nH]1. The van der Waals surface area contributed by atoms with Crippen molar-refractivity contribution in [1.29, 1.82) is 0 Å². The number of aliphatic hydroxyl groups excluding tert-OH is 1. The van der Waals surface area contributed by atoms with E-state index in [2.05, 4.69) is 34.3 Å². The van der Waals surface area contributed by atoms with Crippen LogP contribution < -0.4 is 5.32 Å². The molecule has 2 fully saturated rings. The Morgan fingerprint density at radius 3 is 2.72 bits per heavy atom. The van der Waals surface area contributed by atoms with Crippen LogP contribution >= 0.6 is 0 Å². The number of H-pyrrole nitrogens is 1. The fraction of sp³-hybridized carbons (Fsp3) is 0.789. The third kappa shape index (κ3) is 4.82. The lowest BCUT2D eigenvalue weighted by Crippen LogP contribution is -2.52. The molecule has 2 aliphatic rings. The fourth-order valence-corrected chi connectivity index (χ4v) is 4.17. The van der Waals surface area contributed by atoms with Gasteiger partial charge in [0, 0.05) is 30.9 Å². The maximum absolute atomic E-state index is 12.4. The third-order valence-electron chi connectivity index (χ3n) is 5.52. The van der Waals surface area contributed by atoms with Gasteiger partial charge in [0.1, 0.15) is 5.69 Å². The second kappa shape index (κ2) is 8.32. The summed E-state index contributed by atoms with van der Waals surface area (Å²) in [4.78, 5) is 14.8.